The van der Waals surface area contributed by atoms with Gasteiger partial charge >= 0.3 is 0 Å². The van der Waals surface area contributed by atoms with E-state index >= 15 is 0 Å². The number of ether oxygens (including phenoxy) is 1. The van der Waals surface area contributed by atoms with Gasteiger partial charge in [-0.25, -0.2) is 4.90 Å². The van der Waals surface area contributed by atoms with E-state index in [4.69, 9.17) is 4.74 Å². The van der Waals surface area contributed by atoms with Crippen molar-refractivity contribution in [3.63, 3.8) is 0 Å². The molecule has 1 aliphatic heterocycles. The van der Waals surface area contributed by atoms with E-state index in [1.165, 1.54) is 4.90 Å². The number of aryl methyl sites for hydroxylation is 3. The molecule has 3 aromatic carbocycles. The molecule has 1 N–H and O–H groups in total. The topological polar surface area (TPSA) is 58.6 Å². The second kappa shape index (κ2) is 8.71. The van der Waals surface area contributed by atoms with Gasteiger partial charge in [0.1, 0.15) is 11.4 Å². The van der Waals surface area contributed by atoms with Crippen LogP contribution in [-0.4, -0.2) is 18.4 Å². The number of amides is 2. The lowest BCUT2D eigenvalue weighted by Crippen LogP contribution is -2.32. The van der Waals surface area contributed by atoms with Crippen LogP contribution < -0.4 is 15.0 Å². The summed E-state index contributed by atoms with van der Waals surface area (Å²) in [5.74, 6) is -0.284. The van der Waals surface area contributed by atoms with E-state index in [1.807, 2.05) is 76.2 Å². The van der Waals surface area contributed by atoms with Crippen molar-refractivity contribution >= 4 is 28.8 Å². The molecule has 0 fully saturated rings. The molecular formula is C27H26N2O3. The van der Waals surface area contributed by atoms with Crippen molar-refractivity contribution in [2.45, 2.75) is 27.7 Å². The van der Waals surface area contributed by atoms with Gasteiger partial charge in [0.2, 0.25) is 0 Å². The zero-order valence-electron chi connectivity index (χ0n) is 18.7. The Kier molecular flexibility index (Phi) is 5.82. The molecule has 0 aromatic heterocycles. The fourth-order valence-corrected chi connectivity index (χ4v) is 3.80. The third kappa shape index (κ3) is 3.78. The SMILES string of the molecule is CCOc1ccccc1N1C(=O)C(Nc2ccccc2C)=C(c2ccc(C)c(C)c2)C1=O. The highest BCUT2D eigenvalue weighted by Gasteiger charge is 2.41. The van der Waals surface area contributed by atoms with E-state index < -0.39 is 5.91 Å². The van der Waals surface area contributed by atoms with Gasteiger partial charge in [0.05, 0.1) is 17.9 Å². The summed E-state index contributed by atoms with van der Waals surface area (Å²) in [5.41, 5.74) is 5.70. The molecule has 5 nitrogen and oxygen atoms in total. The third-order valence-corrected chi connectivity index (χ3v) is 5.69. The van der Waals surface area contributed by atoms with Gasteiger partial charge in [0.15, 0.2) is 0 Å². The summed E-state index contributed by atoms with van der Waals surface area (Å²) in [5, 5.41) is 3.25. The van der Waals surface area contributed by atoms with Crippen molar-refractivity contribution in [2.75, 3.05) is 16.8 Å². The van der Waals surface area contributed by atoms with Gasteiger partial charge < -0.3 is 10.1 Å². The van der Waals surface area contributed by atoms with Crippen molar-refractivity contribution in [1.29, 1.82) is 0 Å². The number of hydrogen-bond donors (Lipinski definition) is 1. The number of benzene rings is 3. The fraction of sp³-hybridized carbons (Fsp3) is 0.185. The first-order valence-electron chi connectivity index (χ1n) is 10.7. The van der Waals surface area contributed by atoms with Crippen LogP contribution in [0.1, 0.15) is 29.2 Å². The Morgan fingerprint density at radius 2 is 1.53 bits per heavy atom. The summed E-state index contributed by atoms with van der Waals surface area (Å²) in [6, 6.07) is 20.6. The van der Waals surface area contributed by atoms with Crippen LogP contribution in [-0.2, 0) is 9.59 Å². The van der Waals surface area contributed by atoms with Gasteiger partial charge in [-0.05, 0) is 68.1 Å². The van der Waals surface area contributed by atoms with Crippen molar-refractivity contribution in [3.05, 3.63) is 94.7 Å². The molecule has 3 aromatic rings. The van der Waals surface area contributed by atoms with E-state index in [2.05, 4.69) is 5.32 Å². The molecule has 1 heterocycles. The van der Waals surface area contributed by atoms with Gasteiger partial charge in [-0.2, -0.15) is 0 Å². The van der Waals surface area contributed by atoms with Crippen molar-refractivity contribution in [2.24, 2.45) is 0 Å². The molecule has 1 aliphatic rings. The molecule has 4 rings (SSSR count). The number of nitrogens with one attached hydrogen (secondary N) is 1. The normalized spacial score (nSPS) is 13.7. The maximum atomic E-state index is 13.7. The third-order valence-electron chi connectivity index (χ3n) is 5.69. The van der Waals surface area contributed by atoms with E-state index in [-0.39, 0.29) is 11.6 Å². The van der Waals surface area contributed by atoms with Gasteiger partial charge in [-0.1, -0.05) is 48.5 Å². The average Bonchev–Trinajstić information content (AvgIpc) is 3.02. The average molecular weight is 427 g/mol. The molecule has 0 bridgehead atoms. The molecule has 2 amide bonds. The number of para-hydroxylation sites is 3. The highest BCUT2D eigenvalue weighted by molar-refractivity contribution is 6.46. The molecule has 162 valence electrons. The minimum Gasteiger partial charge on any atom is -0.492 e. The van der Waals surface area contributed by atoms with Crippen molar-refractivity contribution < 1.29 is 14.3 Å². The first kappa shape index (κ1) is 21.4. The molecular weight excluding hydrogens is 400 g/mol. The highest BCUT2D eigenvalue weighted by atomic mass is 16.5. The van der Waals surface area contributed by atoms with E-state index in [0.717, 1.165) is 22.4 Å². The summed E-state index contributed by atoms with van der Waals surface area (Å²) in [7, 11) is 0. The van der Waals surface area contributed by atoms with Crippen LogP contribution in [0.4, 0.5) is 11.4 Å². The molecule has 0 spiro atoms. The zero-order chi connectivity index (χ0) is 22.8. The van der Waals surface area contributed by atoms with Crippen molar-refractivity contribution in [3.8, 4) is 5.75 Å². The van der Waals surface area contributed by atoms with E-state index in [9.17, 15) is 9.59 Å². The Morgan fingerprint density at radius 1 is 0.812 bits per heavy atom. The predicted octanol–water partition coefficient (Wildman–Crippen LogP) is 5.41. The monoisotopic (exact) mass is 426 g/mol. The summed E-state index contributed by atoms with van der Waals surface area (Å²) in [4.78, 5) is 28.6. The van der Waals surface area contributed by atoms with Crippen molar-refractivity contribution in [1.82, 2.24) is 0 Å². The molecule has 0 saturated heterocycles. The second-order valence-corrected chi connectivity index (χ2v) is 7.84. The minimum absolute atomic E-state index is 0.263. The summed E-state index contributed by atoms with van der Waals surface area (Å²) in [6.07, 6.45) is 0. The second-order valence-electron chi connectivity index (χ2n) is 7.84. The van der Waals surface area contributed by atoms with Crippen LogP contribution in [0, 0.1) is 20.8 Å². The maximum Gasteiger partial charge on any atom is 0.282 e. The molecule has 0 atom stereocenters. The lowest BCUT2D eigenvalue weighted by molar-refractivity contribution is -0.120. The van der Waals surface area contributed by atoms with Crippen LogP contribution in [0.15, 0.2) is 72.4 Å². The van der Waals surface area contributed by atoms with Crippen LogP contribution >= 0.6 is 0 Å². The Labute approximate surface area is 188 Å². The van der Waals surface area contributed by atoms with Crippen LogP contribution in [0.3, 0.4) is 0 Å². The number of imide groups is 1. The number of carbonyl (C=O) groups excluding carboxylic acids is 2. The quantitative estimate of drug-likeness (QED) is 0.536. The molecule has 0 unspecified atom stereocenters. The Morgan fingerprint density at radius 3 is 2.25 bits per heavy atom. The van der Waals surface area contributed by atoms with E-state index in [1.54, 1.807) is 18.2 Å². The van der Waals surface area contributed by atoms with Gasteiger partial charge in [0, 0.05) is 5.69 Å². The molecule has 0 saturated carbocycles. The standard InChI is InChI=1S/C27H26N2O3/c1-5-32-23-13-9-8-12-22(23)29-26(30)24(20-15-14-17(2)19(4)16-20)25(27(29)31)28-21-11-7-6-10-18(21)3/h6-16,28H,5H2,1-4H3. The number of anilines is 2. The smallest absolute Gasteiger partial charge is 0.282 e. The summed E-state index contributed by atoms with van der Waals surface area (Å²) >= 11 is 0. The Hall–Kier alpha value is -3.86. The zero-order valence-corrected chi connectivity index (χ0v) is 18.7. The van der Waals surface area contributed by atoms with Gasteiger partial charge in [0.25, 0.3) is 11.8 Å². The number of carbonyl (C=O) groups is 2. The predicted molar refractivity (Wildman–Crippen MR) is 128 cm³/mol. The first-order valence-corrected chi connectivity index (χ1v) is 10.7. The molecule has 32 heavy (non-hydrogen) atoms. The van der Waals surface area contributed by atoms with Crippen LogP contribution in [0.2, 0.25) is 0 Å². The largest absolute Gasteiger partial charge is 0.492 e. The minimum atomic E-state index is -0.404. The lowest BCUT2D eigenvalue weighted by Gasteiger charge is -2.19. The molecule has 5 heteroatoms. The highest BCUT2D eigenvalue weighted by Crippen LogP contribution is 2.38. The van der Waals surface area contributed by atoms with Crippen LogP contribution in [0.25, 0.3) is 5.57 Å². The Bertz CT molecular complexity index is 1240. The van der Waals surface area contributed by atoms with E-state index in [0.29, 0.717) is 29.2 Å². The molecule has 0 aliphatic carbocycles. The number of nitrogens with zero attached hydrogens (tertiary/aromatic N) is 1. The first-order chi connectivity index (χ1) is 15.4. The number of rotatable bonds is 6. The fourth-order valence-electron chi connectivity index (χ4n) is 3.80. The summed E-state index contributed by atoms with van der Waals surface area (Å²) < 4.78 is 5.71. The Balaban J connectivity index is 1.87. The summed E-state index contributed by atoms with van der Waals surface area (Å²) in [6.45, 7) is 8.28. The number of hydrogen-bond acceptors (Lipinski definition) is 4. The maximum absolute atomic E-state index is 13.7. The van der Waals surface area contributed by atoms with Gasteiger partial charge in [-0.3, -0.25) is 9.59 Å². The molecule has 0 radical (unpaired) electrons. The van der Waals surface area contributed by atoms with Crippen LogP contribution in [0.5, 0.6) is 5.75 Å². The van der Waals surface area contributed by atoms with Gasteiger partial charge in [-0.15, -0.1) is 0 Å². The lowest BCUT2D eigenvalue weighted by atomic mass is 9.99.